The van der Waals surface area contributed by atoms with Crippen LogP contribution in [0.15, 0.2) is 29.2 Å². The number of nitrogens with one attached hydrogen (secondary N) is 1. The van der Waals surface area contributed by atoms with Crippen molar-refractivity contribution in [3.05, 3.63) is 24.3 Å². The van der Waals surface area contributed by atoms with Gasteiger partial charge in [0.05, 0.1) is 11.5 Å². The van der Waals surface area contributed by atoms with E-state index < -0.39 is 9.84 Å². The van der Waals surface area contributed by atoms with E-state index in [2.05, 4.69) is 26.1 Å². The number of amides is 1. The first kappa shape index (κ1) is 21.7. The minimum atomic E-state index is -3.19. The van der Waals surface area contributed by atoms with Crippen molar-refractivity contribution in [3.8, 4) is 5.75 Å². The van der Waals surface area contributed by atoms with Gasteiger partial charge in [-0.25, -0.2) is 8.42 Å². The van der Waals surface area contributed by atoms with Gasteiger partial charge in [-0.15, -0.1) is 0 Å². The second-order valence-corrected chi connectivity index (χ2v) is 10.6. The highest BCUT2D eigenvalue weighted by molar-refractivity contribution is 7.90. The normalized spacial score (nSPS) is 20.9. The summed E-state index contributed by atoms with van der Waals surface area (Å²) in [6.07, 6.45) is 6.93. The number of hydrogen-bond acceptors (Lipinski definition) is 4. The molecule has 1 aliphatic rings. The lowest BCUT2D eigenvalue weighted by atomic mass is 9.69. The van der Waals surface area contributed by atoms with E-state index in [1.807, 2.05) is 0 Å². The Morgan fingerprint density at radius 1 is 1.15 bits per heavy atom. The predicted octanol–water partition coefficient (Wildman–Crippen LogP) is 3.97. The van der Waals surface area contributed by atoms with Gasteiger partial charge in [0.2, 0.25) is 5.91 Å². The molecule has 0 heterocycles. The van der Waals surface area contributed by atoms with E-state index in [9.17, 15) is 13.2 Å². The lowest BCUT2D eigenvalue weighted by Crippen LogP contribution is -2.46. The molecule has 0 radical (unpaired) electrons. The zero-order valence-corrected chi connectivity index (χ0v) is 17.8. The van der Waals surface area contributed by atoms with Crippen LogP contribution in [0.2, 0.25) is 0 Å². The topological polar surface area (TPSA) is 72.5 Å². The minimum Gasteiger partial charge on any atom is -0.494 e. The second-order valence-electron chi connectivity index (χ2n) is 8.63. The van der Waals surface area contributed by atoms with Crippen molar-refractivity contribution in [2.45, 2.75) is 70.2 Å². The van der Waals surface area contributed by atoms with Crippen LogP contribution in [-0.4, -0.2) is 33.2 Å². The van der Waals surface area contributed by atoms with Gasteiger partial charge in [-0.1, -0.05) is 33.6 Å². The smallest absolute Gasteiger partial charge is 0.220 e. The van der Waals surface area contributed by atoms with E-state index in [0.29, 0.717) is 31.1 Å². The lowest BCUT2D eigenvalue weighted by molar-refractivity contribution is -0.123. The molecule has 0 bridgehead atoms. The number of rotatable bonds is 7. The molecular formula is C21H33NO4S. The first-order valence-electron chi connectivity index (χ1n) is 9.79. The molecule has 2 rings (SSSR count). The van der Waals surface area contributed by atoms with Crippen LogP contribution in [0.25, 0.3) is 0 Å². The summed E-state index contributed by atoms with van der Waals surface area (Å²) in [5.74, 6) is 1.23. The first-order chi connectivity index (χ1) is 12.6. The lowest BCUT2D eigenvalue weighted by Gasteiger charge is -2.40. The minimum absolute atomic E-state index is 0.0900. The molecule has 0 aromatic heterocycles. The van der Waals surface area contributed by atoms with Crippen molar-refractivity contribution in [2.75, 3.05) is 12.9 Å². The van der Waals surface area contributed by atoms with E-state index >= 15 is 0 Å². The molecule has 1 amide bonds. The third-order valence-electron chi connectivity index (χ3n) is 5.29. The van der Waals surface area contributed by atoms with Gasteiger partial charge < -0.3 is 10.1 Å². The Morgan fingerprint density at radius 2 is 1.78 bits per heavy atom. The zero-order valence-electron chi connectivity index (χ0n) is 17.0. The van der Waals surface area contributed by atoms with E-state index in [4.69, 9.17) is 4.74 Å². The van der Waals surface area contributed by atoms with Gasteiger partial charge >= 0.3 is 0 Å². The standard InChI is InChI=1S/C21H33NO4S/c1-21(2,3)18-8-5-6-9-19(18)22-20(23)10-7-15-26-16-11-13-17(14-12-16)27(4,24)25/h11-14,18-19H,5-10,15H2,1-4H3,(H,22,23). The summed E-state index contributed by atoms with van der Waals surface area (Å²) in [7, 11) is -3.19. The van der Waals surface area contributed by atoms with E-state index in [1.165, 1.54) is 37.7 Å². The summed E-state index contributed by atoms with van der Waals surface area (Å²) in [6, 6.07) is 6.63. The summed E-state index contributed by atoms with van der Waals surface area (Å²) >= 11 is 0. The van der Waals surface area contributed by atoms with Gasteiger partial charge in [0.25, 0.3) is 0 Å². The number of carbonyl (C=O) groups is 1. The van der Waals surface area contributed by atoms with Gasteiger partial charge in [0, 0.05) is 18.7 Å². The summed E-state index contributed by atoms with van der Waals surface area (Å²) < 4.78 is 28.5. The van der Waals surface area contributed by atoms with Gasteiger partial charge in [-0.2, -0.15) is 0 Å². The Balaban J connectivity index is 1.74. The number of carbonyl (C=O) groups excluding carboxylic acids is 1. The van der Waals surface area contributed by atoms with Gasteiger partial charge in [-0.3, -0.25) is 4.79 Å². The van der Waals surface area contributed by atoms with Crippen molar-refractivity contribution < 1.29 is 17.9 Å². The van der Waals surface area contributed by atoms with Crippen LogP contribution in [0.5, 0.6) is 5.75 Å². The average molecular weight is 396 g/mol. The fourth-order valence-electron chi connectivity index (χ4n) is 3.82. The van der Waals surface area contributed by atoms with Crippen molar-refractivity contribution >= 4 is 15.7 Å². The molecule has 152 valence electrons. The van der Waals surface area contributed by atoms with E-state index in [0.717, 1.165) is 6.42 Å². The quantitative estimate of drug-likeness (QED) is 0.709. The highest BCUT2D eigenvalue weighted by Gasteiger charge is 2.34. The Kier molecular flexibility index (Phi) is 7.32. The number of ether oxygens (including phenoxy) is 1. The summed E-state index contributed by atoms with van der Waals surface area (Å²) in [5, 5.41) is 3.24. The molecule has 1 aromatic carbocycles. The molecule has 2 unspecified atom stereocenters. The molecule has 2 atom stereocenters. The molecule has 0 aliphatic heterocycles. The molecule has 1 fully saturated rings. The summed E-state index contributed by atoms with van der Waals surface area (Å²) in [5.41, 5.74) is 0.208. The largest absolute Gasteiger partial charge is 0.494 e. The zero-order chi connectivity index (χ0) is 20.1. The molecular weight excluding hydrogens is 362 g/mol. The van der Waals surface area contributed by atoms with Gasteiger partial charge in [0.15, 0.2) is 9.84 Å². The Hall–Kier alpha value is -1.56. The second kappa shape index (κ2) is 9.09. The van der Waals surface area contributed by atoms with Crippen molar-refractivity contribution in [1.29, 1.82) is 0 Å². The molecule has 1 saturated carbocycles. The first-order valence-corrected chi connectivity index (χ1v) is 11.7. The number of sulfone groups is 1. The fourth-order valence-corrected chi connectivity index (χ4v) is 4.46. The van der Waals surface area contributed by atoms with Gasteiger partial charge in [0.1, 0.15) is 5.75 Å². The van der Waals surface area contributed by atoms with Crippen molar-refractivity contribution in [3.63, 3.8) is 0 Å². The van der Waals surface area contributed by atoms with Crippen LogP contribution in [-0.2, 0) is 14.6 Å². The van der Waals surface area contributed by atoms with Crippen LogP contribution in [0.3, 0.4) is 0 Å². The third-order valence-corrected chi connectivity index (χ3v) is 6.42. The Bertz CT molecular complexity index is 720. The molecule has 1 N–H and O–H groups in total. The van der Waals surface area contributed by atoms with E-state index in [1.54, 1.807) is 12.1 Å². The van der Waals surface area contributed by atoms with Crippen LogP contribution < -0.4 is 10.1 Å². The predicted molar refractivity (Wildman–Crippen MR) is 108 cm³/mol. The highest BCUT2D eigenvalue weighted by Crippen LogP contribution is 2.38. The van der Waals surface area contributed by atoms with Gasteiger partial charge in [-0.05, 0) is 54.9 Å². The summed E-state index contributed by atoms with van der Waals surface area (Å²) in [6.45, 7) is 7.19. The SMILES string of the molecule is CC(C)(C)C1CCCCC1NC(=O)CCCOc1ccc(S(C)(=O)=O)cc1. The Labute approximate surface area is 163 Å². The molecule has 5 nitrogen and oxygen atoms in total. The van der Waals surface area contributed by atoms with Crippen molar-refractivity contribution in [2.24, 2.45) is 11.3 Å². The Morgan fingerprint density at radius 3 is 2.37 bits per heavy atom. The monoisotopic (exact) mass is 395 g/mol. The molecule has 0 spiro atoms. The average Bonchev–Trinajstić information content (AvgIpc) is 2.58. The van der Waals surface area contributed by atoms with E-state index in [-0.39, 0.29) is 22.3 Å². The maximum atomic E-state index is 12.3. The molecule has 1 aliphatic carbocycles. The van der Waals surface area contributed by atoms with Crippen LogP contribution in [0.1, 0.15) is 59.3 Å². The fraction of sp³-hybridized carbons (Fsp3) is 0.667. The van der Waals surface area contributed by atoms with Crippen LogP contribution in [0, 0.1) is 11.3 Å². The molecule has 1 aromatic rings. The number of hydrogen-bond donors (Lipinski definition) is 1. The van der Waals surface area contributed by atoms with Crippen molar-refractivity contribution in [1.82, 2.24) is 5.32 Å². The maximum absolute atomic E-state index is 12.3. The molecule has 6 heteroatoms. The molecule has 27 heavy (non-hydrogen) atoms. The molecule has 0 saturated heterocycles. The third kappa shape index (κ3) is 6.83. The highest BCUT2D eigenvalue weighted by atomic mass is 32.2. The van der Waals surface area contributed by atoms with Crippen LogP contribution in [0.4, 0.5) is 0 Å². The maximum Gasteiger partial charge on any atom is 0.220 e. The summed E-state index contributed by atoms with van der Waals surface area (Å²) in [4.78, 5) is 12.6. The van der Waals surface area contributed by atoms with Crippen LogP contribution >= 0.6 is 0 Å². The number of benzene rings is 1.